The summed E-state index contributed by atoms with van der Waals surface area (Å²) in [5.41, 5.74) is 0.851. The first-order valence-electron chi connectivity index (χ1n) is 8.23. The molecule has 3 heterocycles. The van der Waals surface area contributed by atoms with Gasteiger partial charge in [-0.25, -0.2) is 4.98 Å². The van der Waals surface area contributed by atoms with Gasteiger partial charge in [0.2, 0.25) is 5.82 Å². The second-order valence-corrected chi connectivity index (χ2v) is 6.40. The van der Waals surface area contributed by atoms with E-state index >= 15 is 0 Å². The van der Waals surface area contributed by atoms with Crippen molar-refractivity contribution >= 4 is 11.7 Å². The van der Waals surface area contributed by atoms with Crippen LogP contribution < -0.4 is 0 Å². The van der Waals surface area contributed by atoms with E-state index in [-0.39, 0.29) is 5.91 Å². The van der Waals surface area contributed by atoms with E-state index in [1.165, 1.54) is 0 Å². The molecule has 1 fully saturated rings. The van der Waals surface area contributed by atoms with Crippen LogP contribution in [0.25, 0.3) is 5.78 Å². The number of hydrogen-bond donors (Lipinski definition) is 0. The zero-order valence-corrected chi connectivity index (χ0v) is 14.5. The average Bonchev–Trinajstić information content (AvgIpc) is 3.18. The topological polar surface area (TPSA) is 75.9 Å². The lowest BCUT2D eigenvalue weighted by atomic mass is 10.1. The molecule has 0 radical (unpaired) electrons. The van der Waals surface area contributed by atoms with Gasteiger partial charge in [0.05, 0.1) is 6.61 Å². The molecule has 1 unspecified atom stereocenters. The molecular weight excluding hydrogens is 308 g/mol. The van der Waals surface area contributed by atoms with Crippen molar-refractivity contribution in [2.24, 2.45) is 5.92 Å². The minimum absolute atomic E-state index is 0.122. The van der Waals surface area contributed by atoms with Gasteiger partial charge in [0.1, 0.15) is 0 Å². The van der Waals surface area contributed by atoms with Crippen LogP contribution in [0.2, 0.25) is 0 Å². The third-order valence-corrected chi connectivity index (χ3v) is 4.47. The number of likely N-dealkylation sites (tertiary alicyclic amines) is 1. The molecule has 8 heteroatoms. The van der Waals surface area contributed by atoms with Gasteiger partial charge >= 0.3 is 0 Å². The van der Waals surface area contributed by atoms with Crippen molar-refractivity contribution in [2.45, 2.75) is 13.3 Å². The van der Waals surface area contributed by atoms with Gasteiger partial charge in [-0.3, -0.25) is 9.20 Å². The van der Waals surface area contributed by atoms with Crippen LogP contribution in [0.4, 0.5) is 0 Å². The van der Waals surface area contributed by atoms with Crippen molar-refractivity contribution < 1.29 is 9.53 Å². The molecule has 3 rings (SSSR count). The van der Waals surface area contributed by atoms with Crippen molar-refractivity contribution in [3.05, 3.63) is 23.8 Å². The first-order valence-corrected chi connectivity index (χ1v) is 8.23. The highest BCUT2D eigenvalue weighted by Crippen LogP contribution is 2.17. The molecule has 1 amide bonds. The highest BCUT2D eigenvalue weighted by Gasteiger charge is 2.26. The Morgan fingerprint density at radius 1 is 1.46 bits per heavy atom. The summed E-state index contributed by atoms with van der Waals surface area (Å²) in [6, 6.07) is 1.85. The Labute approximate surface area is 141 Å². The molecule has 1 aliphatic heterocycles. The van der Waals surface area contributed by atoms with Crippen molar-refractivity contribution in [3.63, 3.8) is 0 Å². The maximum atomic E-state index is 12.7. The third-order valence-electron chi connectivity index (χ3n) is 4.47. The highest BCUT2D eigenvalue weighted by molar-refractivity contribution is 5.91. The smallest absolute Gasteiger partial charge is 0.291 e. The number of carbonyl (C=O) groups is 1. The Hall–Kier alpha value is -2.06. The van der Waals surface area contributed by atoms with E-state index in [0.717, 1.165) is 44.9 Å². The number of aryl methyl sites for hydroxylation is 1. The molecule has 1 aliphatic rings. The lowest BCUT2D eigenvalue weighted by Crippen LogP contribution is -2.34. The van der Waals surface area contributed by atoms with Gasteiger partial charge in [-0.05, 0) is 31.9 Å². The molecule has 24 heavy (non-hydrogen) atoms. The molecule has 0 aliphatic carbocycles. The largest absolute Gasteiger partial charge is 0.383 e. The predicted molar refractivity (Wildman–Crippen MR) is 88.9 cm³/mol. The molecule has 1 saturated heterocycles. The number of nitrogens with zero attached hydrogens (tertiary/aromatic N) is 6. The summed E-state index contributed by atoms with van der Waals surface area (Å²) in [6.07, 6.45) is 2.89. The number of fused-ring (bicyclic) bond motifs is 1. The minimum Gasteiger partial charge on any atom is -0.383 e. The van der Waals surface area contributed by atoms with E-state index in [4.69, 9.17) is 4.74 Å². The maximum absolute atomic E-state index is 12.7. The van der Waals surface area contributed by atoms with E-state index in [1.807, 2.05) is 20.0 Å². The van der Waals surface area contributed by atoms with E-state index in [9.17, 15) is 4.79 Å². The van der Waals surface area contributed by atoms with Crippen molar-refractivity contribution in [1.82, 2.24) is 29.4 Å². The van der Waals surface area contributed by atoms with Crippen LogP contribution in [0.5, 0.6) is 0 Å². The normalized spacial score (nSPS) is 18.4. The summed E-state index contributed by atoms with van der Waals surface area (Å²) in [5.74, 6) is 1.13. The average molecular weight is 332 g/mol. The Kier molecular flexibility index (Phi) is 5.06. The molecule has 0 saturated carbocycles. The summed E-state index contributed by atoms with van der Waals surface area (Å²) in [5, 5.41) is 8.01. The Morgan fingerprint density at radius 2 is 2.29 bits per heavy atom. The van der Waals surface area contributed by atoms with E-state index < -0.39 is 0 Å². The monoisotopic (exact) mass is 332 g/mol. The van der Waals surface area contributed by atoms with Crippen molar-refractivity contribution in [1.29, 1.82) is 0 Å². The van der Waals surface area contributed by atoms with Crippen LogP contribution >= 0.6 is 0 Å². The second kappa shape index (κ2) is 7.23. The standard InChI is InChI=1S/C16H24N6O2/c1-12-4-7-22-14(18-19-16(22)17-12)15(23)20(2)10-13-5-6-21(11-13)8-9-24-3/h4,7,13H,5-6,8-11H2,1-3H3. The molecule has 1 atom stereocenters. The molecule has 0 N–H and O–H groups in total. The van der Waals surface area contributed by atoms with Crippen LogP contribution in [0.3, 0.4) is 0 Å². The van der Waals surface area contributed by atoms with Crippen molar-refractivity contribution in [2.75, 3.05) is 46.9 Å². The Balaban J connectivity index is 1.62. The summed E-state index contributed by atoms with van der Waals surface area (Å²) < 4.78 is 6.77. The van der Waals surface area contributed by atoms with Gasteiger partial charge < -0.3 is 14.5 Å². The predicted octanol–water partition coefficient (Wildman–Crippen LogP) is 0.473. The molecule has 0 spiro atoms. The number of aromatic nitrogens is 4. The van der Waals surface area contributed by atoms with Crippen LogP contribution in [-0.4, -0.2) is 82.2 Å². The molecular formula is C16H24N6O2. The van der Waals surface area contributed by atoms with Crippen LogP contribution in [0.1, 0.15) is 22.7 Å². The fourth-order valence-corrected chi connectivity index (χ4v) is 3.15. The van der Waals surface area contributed by atoms with E-state index in [2.05, 4.69) is 20.1 Å². The molecule has 8 nitrogen and oxygen atoms in total. The number of rotatable bonds is 6. The van der Waals surface area contributed by atoms with Gasteiger partial charge in [0.25, 0.3) is 11.7 Å². The van der Waals surface area contributed by atoms with Crippen LogP contribution in [0, 0.1) is 12.8 Å². The number of carbonyl (C=O) groups excluding carboxylic acids is 1. The lowest BCUT2D eigenvalue weighted by Gasteiger charge is -2.21. The fraction of sp³-hybridized carbons (Fsp3) is 0.625. The summed E-state index contributed by atoms with van der Waals surface area (Å²) in [4.78, 5) is 21.1. The Bertz CT molecular complexity index is 716. The number of amides is 1. The first-order chi connectivity index (χ1) is 11.6. The van der Waals surface area contributed by atoms with Gasteiger partial charge in [-0.1, -0.05) is 0 Å². The lowest BCUT2D eigenvalue weighted by molar-refractivity contribution is 0.0758. The number of hydrogen-bond acceptors (Lipinski definition) is 6. The molecule has 130 valence electrons. The minimum atomic E-state index is -0.122. The number of methoxy groups -OCH3 is 1. The second-order valence-electron chi connectivity index (χ2n) is 6.40. The van der Waals surface area contributed by atoms with Gasteiger partial charge in [0, 0.05) is 45.7 Å². The molecule has 0 bridgehead atoms. The van der Waals surface area contributed by atoms with Gasteiger partial charge in [-0.2, -0.15) is 0 Å². The summed E-state index contributed by atoms with van der Waals surface area (Å²) in [6.45, 7) is 6.37. The zero-order valence-electron chi connectivity index (χ0n) is 14.5. The molecule has 2 aromatic heterocycles. The summed E-state index contributed by atoms with van der Waals surface area (Å²) in [7, 11) is 3.54. The van der Waals surface area contributed by atoms with Crippen molar-refractivity contribution in [3.8, 4) is 0 Å². The Morgan fingerprint density at radius 3 is 3.08 bits per heavy atom. The van der Waals surface area contributed by atoms with E-state index in [1.54, 1.807) is 22.6 Å². The fourth-order valence-electron chi connectivity index (χ4n) is 3.15. The zero-order chi connectivity index (χ0) is 17.1. The maximum Gasteiger partial charge on any atom is 0.291 e. The third kappa shape index (κ3) is 3.54. The number of ether oxygens (including phenoxy) is 1. The SMILES string of the molecule is COCCN1CCC(CN(C)C(=O)c2nnc3nc(C)ccn23)C1. The van der Waals surface area contributed by atoms with Crippen LogP contribution in [0.15, 0.2) is 12.3 Å². The first kappa shape index (κ1) is 16.8. The van der Waals surface area contributed by atoms with Crippen LogP contribution in [-0.2, 0) is 4.74 Å². The highest BCUT2D eigenvalue weighted by atomic mass is 16.5. The molecule has 2 aromatic rings. The summed E-state index contributed by atoms with van der Waals surface area (Å²) >= 11 is 0. The molecule has 0 aromatic carbocycles. The van der Waals surface area contributed by atoms with Gasteiger partial charge in [-0.15, -0.1) is 10.2 Å². The quantitative estimate of drug-likeness (QED) is 0.765. The van der Waals surface area contributed by atoms with Gasteiger partial charge in [0.15, 0.2) is 0 Å². The van der Waals surface area contributed by atoms with E-state index in [0.29, 0.717) is 17.5 Å².